The predicted molar refractivity (Wildman–Crippen MR) is 63.2 cm³/mol. The van der Waals surface area contributed by atoms with Crippen LogP contribution in [-0.2, 0) is 9.59 Å². The molecule has 2 aliphatic carbocycles. The Morgan fingerprint density at radius 3 is 1.62 bits per heavy atom. The maximum absolute atomic E-state index is 11.3. The van der Waals surface area contributed by atoms with Crippen molar-refractivity contribution in [2.75, 3.05) is 0 Å². The van der Waals surface area contributed by atoms with E-state index in [1.807, 2.05) is 0 Å². The van der Waals surface area contributed by atoms with E-state index >= 15 is 0 Å². The molecule has 0 amide bonds. The highest BCUT2D eigenvalue weighted by Gasteiger charge is 2.23. The van der Waals surface area contributed by atoms with Crippen LogP contribution in [-0.4, -0.2) is 11.6 Å². The lowest BCUT2D eigenvalue weighted by Crippen LogP contribution is -2.19. The molecule has 0 heterocycles. The lowest BCUT2D eigenvalue weighted by atomic mass is 9.79. The molecule has 2 saturated carbocycles. The van der Waals surface area contributed by atoms with E-state index in [1.54, 1.807) is 0 Å². The lowest BCUT2D eigenvalue weighted by molar-refractivity contribution is -0.123. The van der Waals surface area contributed by atoms with Crippen LogP contribution >= 0.6 is 0 Å². The Morgan fingerprint density at radius 2 is 1.25 bits per heavy atom. The van der Waals surface area contributed by atoms with Gasteiger partial charge in [0.15, 0.2) is 0 Å². The number of ketones is 2. The second-order valence-corrected chi connectivity index (χ2v) is 5.58. The molecular weight excluding hydrogens is 200 g/mol. The molecule has 0 spiro atoms. The summed E-state index contributed by atoms with van der Waals surface area (Å²) in [4.78, 5) is 22.6. The van der Waals surface area contributed by atoms with Gasteiger partial charge in [0, 0.05) is 25.7 Å². The van der Waals surface area contributed by atoms with E-state index < -0.39 is 0 Å². The molecule has 2 unspecified atom stereocenters. The van der Waals surface area contributed by atoms with Gasteiger partial charge in [0.25, 0.3) is 0 Å². The van der Waals surface area contributed by atoms with Crippen LogP contribution in [0.3, 0.4) is 0 Å². The third-order valence-corrected chi connectivity index (χ3v) is 4.15. The van der Waals surface area contributed by atoms with E-state index in [2.05, 4.69) is 0 Å². The van der Waals surface area contributed by atoms with Gasteiger partial charge in [0.1, 0.15) is 11.6 Å². The lowest BCUT2D eigenvalue weighted by Gasteiger charge is -2.25. The van der Waals surface area contributed by atoms with Crippen LogP contribution in [0.15, 0.2) is 0 Å². The van der Waals surface area contributed by atoms with Crippen molar-refractivity contribution in [1.29, 1.82) is 0 Å². The van der Waals surface area contributed by atoms with E-state index in [-0.39, 0.29) is 0 Å². The highest BCUT2D eigenvalue weighted by atomic mass is 16.1. The van der Waals surface area contributed by atoms with Gasteiger partial charge in [0.2, 0.25) is 0 Å². The van der Waals surface area contributed by atoms with Gasteiger partial charge >= 0.3 is 0 Å². The predicted octanol–water partition coefficient (Wildman–Crippen LogP) is 3.29. The average molecular weight is 222 g/mol. The van der Waals surface area contributed by atoms with Crippen LogP contribution in [0.1, 0.15) is 64.2 Å². The SMILES string of the molecule is O=C1CCCC(CCC2CCCC(=O)C2)C1. The average Bonchev–Trinajstić information content (AvgIpc) is 2.27. The molecule has 2 heteroatoms. The summed E-state index contributed by atoms with van der Waals surface area (Å²) in [5, 5.41) is 0. The Hall–Kier alpha value is -0.660. The van der Waals surface area contributed by atoms with E-state index in [9.17, 15) is 9.59 Å². The molecule has 2 nitrogen and oxygen atoms in total. The Balaban J connectivity index is 1.70. The van der Waals surface area contributed by atoms with Crippen molar-refractivity contribution in [2.24, 2.45) is 11.8 Å². The third kappa shape index (κ3) is 3.43. The number of rotatable bonds is 3. The van der Waals surface area contributed by atoms with Crippen molar-refractivity contribution < 1.29 is 9.59 Å². The van der Waals surface area contributed by atoms with Crippen molar-refractivity contribution >= 4 is 11.6 Å². The van der Waals surface area contributed by atoms with Crippen LogP contribution in [0.25, 0.3) is 0 Å². The first-order valence-electron chi connectivity index (χ1n) is 6.77. The fourth-order valence-electron chi connectivity index (χ4n) is 3.19. The molecule has 0 aromatic rings. The van der Waals surface area contributed by atoms with Crippen molar-refractivity contribution in [3.63, 3.8) is 0 Å². The van der Waals surface area contributed by atoms with E-state index in [1.165, 1.54) is 25.7 Å². The van der Waals surface area contributed by atoms with Gasteiger partial charge in [-0.05, 0) is 50.4 Å². The highest BCUT2D eigenvalue weighted by molar-refractivity contribution is 5.79. The van der Waals surface area contributed by atoms with Crippen LogP contribution in [0, 0.1) is 11.8 Å². The first kappa shape index (κ1) is 11.8. The second-order valence-electron chi connectivity index (χ2n) is 5.58. The first-order chi connectivity index (χ1) is 7.74. The summed E-state index contributed by atoms with van der Waals surface area (Å²) in [7, 11) is 0. The zero-order chi connectivity index (χ0) is 11.4. The quantitative estimate of drug-likeness (QED) is 0.734. The molecule has 0 saturated heterocycles. The van der Waals surface area contributed by atoms with E-state index in [0.29, 0.717) is 23.4 Å². The molecule has 0 radical (unpaired) electrons. The van der Waals surface area contributed by atoms with Crippen LogP contribution in [0.2, 0.25) is 0 Å². The van der Waals surface area contributed by atoms with Gasteiger partial charge in [0.05, 0.1) is 0 Å². The zero-order valence-corrected chi connectivity index (χ0v) is 10.0. The minimum Gasteiger partial charge on any atom is -0.300 e. The summed E-state index contributed by atoms with van der Waals surface area (Å²) in [6, 6.07) is 0. The fourth-order valence-corrected chi connectivity index (χ4v) is 3.19. The molecule has 0 aromatic carbocycles. The minimum absolute atomic E-state index is 0.455. The molecule has 2 fully saturated rings. The summed E-state index contributed by atoms with van der Waals surface area (Å²) in [5.41, 5.74) is 0. The largest absolute Gasteiger partial charge is 0.300 e. The molecular formula is C14H22O2. The van der Waals surface area contributed by atoms with E-state index in [4.69, 9.17) is 0 Å². The topological polar surface area (TPSA) is 34.1 Å². The standard InChI is InChI=1S/C14H22O2/c15-13-5-1-3-11(9-13)7-8-12-4-2-6-14(16)10-12/h11-12H,1-10H2. The Morgan fingerprint density at radius 1 is 0.812 bits per heavy atom. The molecule has 0 N–H and O–H groups in total. The van der Waals surface area contributed by atoms with Crippen molar-refractivity contribution in [2.45, 2.75) is 64.2 Å². The molecule has 2 atom stereocenters. The van der Waals surface area contributed by atoms with Gasteiger partial charge in [-0.25, -0.2) is 0 Å². The Labute approximate surface area is 97.8 Å². The summed E-state index contributed by atoms with van der Waals surface area (Å²) in [6.45, 7) is 0. The molecule has 0 aromatic heterocycles. The molecule has 2 aliphatic rings. The second kappa shape index (κ2) is 5.60. The third-order valence-electron chi connectivity index (χ3n) is 4.15. The minimum atomic E-state index is 0.455. The van der Waals surface area contributed by atoms with Crippen LogP contribution in [0.4, 0.5) is 0 Å². The maximum atomic E-state index is 11.3. The van der Waals surface area contributed by atoms with Crippen LogP contribution in [0.5, 0.6) is 0 Å². The number of carbonyl (C=O) groups excluding carboxylic acids is 2. The number of carbonyl (C=O) groups is 2. The van der Waals surface area contributed by atoms with Crippen molar-refractivity contribution in [1.82, 2.24) is 0 Å². The maximum Gasteiger partial charge on any atom is 0.133 e. The molecule has 16 heavy (non-hydrogen) atoms. The van der Waals surface area contributed by atoms with Gasteiger partial charge in [-0.15, -0.1) is 0 Å². The molecule has 0 bridgehead atoms. The Kier molecular flexibility index (Phi) is 4.14. The normalized spacial score (nSPS) is 31.8. The smallest absolute Gasteiger partial charge is 0.133 e. The van der Waals surface area contributed by atoms with Gasteiger partial charge in [-0.3, -0.25) is 9.59 Å². The highest BCUT2D eigenvalue weighted by Crippen LogP contribution is 2.31. The first-order valence-corrected chi connectivity index (χ1v) is 6.77. The summed E-state index contributed by atoms with van der Waals surface area (Å²) < 4.78 is 0. The molecule has 0 aliphatic heterocycles. The van der Waals surface area contributed by atoms with Gasteiger partial charge in [-0.2, -0.15) is 0 Å². The van der Waals surface area contributed by atoms with Crippen molar-refractivity contribution in [3.8, 4) is 0 Å². The van der Waals surface area contributed by atoms with Crippen molar-refractivity contribution in [3.05, 3.63) is 0 Å². The number of hydrogen-bond donors (Lipinski definition) is 0. The zero-order valence-electron chi connectivity index (χ0n) is 10.0. The summed E-state index contributed by atoms with van der Waals surface area (Å²) in [5.74, 6) is 2.16. The van der Waals surface area contributed by atoms with Gasteiger partial charge < -0.3 is 0 Å². The number of hydrogen-bond acceptors (Lipinski definition) is 2. The van der Waals surface area contributed by atoms with Gasteiger partial charge in [-0.1, -0.05) is 0 Å². The Bertz CT molecular complexity index is 242. The number of Topliss-reactive ketones (excluding diaryl/α,β-unsaturated/α-hetero) is 2. The van der Waals surface area contributed by atoms with E-state index in [0.717, 1.165) is 38.5 Å². The summed E-state index contributed by atoms with van der Waals surface area (Å²) >= 11 is 0. The molecule has 2 rings (SSSR count). The fraction of sp³-hybridized carbons (Fsp3) is 0.857. The molecule has 90 valence electrons. The summed E-state index contributed by atoms with van der Waals surface area (Å²) in [6.07, 6.45) is 10.2. The monoisotopic (exact) mass is 222 g/mol. The van der Waals surface area contributed by atoms with Crippen LogP contribution < -0.4 is 0 Å².